The fourth-order valence-corrected chi connectivity index (χ4v) is 15.4. The van der Waals surface area contributed by atoms with Gasteiger partial charge in [0.15, 0.2) is 0 Å². The molecule has 9 rings (SSSR count). The molecule has 9 aromatic carbocycles. The highest BCUT2D eigenvalue weighted by Crippen LogP contribution is 2.23. The molecule has 0 aromatic heterocycles. The number of hydrogen-bond acceptors (Lipinski definition) is 21. The molecule has 0 saturated carbocycles. The second-order valence-corrected chi connectivity index (χ2v) is 36.9. The lowest BCUT2D eigenvalue weighted by atomic mass is 9.97. The molecule has 0 aliphatic carbocycles. The first kappa shape index (κ1) is 112. The number of carbonyl (C=O) groups is 11. The van der Waals surface area contributed by atoms with Crippen LogP contribution in [0.25, 0.3) is 0 Å². The van der Waals surface area contributed by atoms with E-state index >= 15 is 28.8 Å². The molecule has 11 amide bonds. The summed E-state index contributed by atoms with van der Waals surface area (Å²) in [5.74, 6) is -7.86. The van der Waals surface area contributed by atoms with E-state index in [9.17, 15) is 34.1 Å². The zero-order chi connectivity index (χ0) is 102. The molecule has 11 atom stereocenters. The van der Waals surface area contributed by atoms with Gasteiger partial charge in [0, 0.05) is 68.1 Å². The number of alkyl carbamates (subject to hydrolysis) is 1. The van der Waals surface area contributed by atoms with Crippen LogP contribution in [-0.4, -0.2) is 201 Å². The molecule has 0 spiro atoms. The number of nitro groups is 1. The van der Waals surface area contributed by atoms with Crippen LogP contribution in [-0.2, 0) is 130 Å². The lowest BCUT2D eigenvalue weighted by Gasteiger charge is -2.30. The Morgan fingerprint density at radius 1 is 0.430 bits per heavy atom. The van der Waals surface area contributed by atoms with Gasteiger partial charge in [0.05, 0.1) is 56.7 Å². The summed E-state index contributed by atoms with van der Waals surface area (Å²) in [7, 11) is 0. The number of rotatable bonds is 58. The number of urea groups is 1. The summed E-state index contributed by atoms with van der Waals surface area (Å²) in [6, 6.07) is 61.1. The fraction of sp³-hybridized carbons (Fsp3) is 0.394. The topological polar surface area (TPSA) is 431 Å². The van der Waals surface area contributed by atoms with Crippen molar-refractivity contribution in [1.82, 2.24) is 58.5 Å². The van der Waals surface area contributed by atoms with Gasteiger partial charge in [-0.2, -0.15) is 11.8 Å². The van der Waals surface area contributed by atoms with Crippen LogP contribution in [0, 0.1) is 28.9 Å². The fourth-order valence-electron chi connectivity index (χ4n) is 14.8. The summed E-state index contributed by atoms with van der Waals surface area (Å²) in [5.41, 5.74) is 8.11. The van der Waals surface area contributed by atoms with E-state index in [1.165, 1.54) is 43.0 Å². The van der Waals surface area contributed by atoms with Crippen LogP contribution in [0.1, 0.15) is 141 Å². The third-order valence-electron chi connectivity index (χ3n) is 23.5. The average Bonchev–Trinajstić information content (AvgIpc) is 0.830. The molecule has 0 bridgehead atoms. The Balaban J connectivity index is 1.07. The third kappa shape index (κ3) is 40.0. The van der Waals surface area contributed by atoms with Crippen LogP contribution in [0.3, 0.4) is 0 Å². The van der Waals surface area contributed by atoms with Crippen LogP contribution >= 0.6 is 11.8 Å². The summed E-state index contributed by atoms with van der Waals surface area (Å²) in [4.78, 5) is 180. The molecule has 0 fully saturated rings. The minimum absolute atomic E-state index is 0.0256. The molecule has 32 nitrogen and oxygen atoms in total. The van der Waals surface area contributed by atoms with Gasteiger partial charge in [0.1, 0.15) is 60.2 Å². The molecule has 0 radical (unpaired) electrons. The molecule has 0 aliphatic heterocycles. The molecular weight excluding hydrogens is 1830 g/mol. The van der Waals surface area contributed by atoms with E-state index < -0.39 is 150 Å². The Hall–Kier alpha value is -14.0. The van der Waals surface area contributed by atoms with Gasteiger partial charge in [-0.3, -0.25) is 48.5 Å². The van der Waals surface area contributed by atoms with E-state index in [1.54, 1.807) is 144 Å². The molecule has 9 aromatic rings. The Bertz CT molecular complexity index is 5500. The van der Waals surface area contributed by atoms with Crippen LogP contribution in [0.5, 0.6) is 0 Å². The quantitative estimate of drug-likeness (QED) is 0.00554. The molecule has 11 N–H and O–H groups in total. The molecular formula is C109H135N13O19S. The summed E-state index contributed by atoms with van der Waals surface area (Å²) >= 11 is 1.50. The zero-order valence-corrected chi connectivity index (χ0v) is 83.2. The standard InChI is InChI=1S/C109H135N13O19S/c1-11-74(4)96(106(131)141-121-98(86-52-38-73(3)39-53-86)87-54-56-89(57-55-87)122(134)135)119-102(127)92(64-81-32-22-15-23-33-81)115-101(126)91(66-83-50-46-80(47-51-83)43-41-78-30-20-14-21-31-78)116-103(128)93(68-112-107(132)111-67-88(58-63-142-10)113-108(133)140-109(7,8)9)117-105(130)97(76(6)139-70-85-36-26-17-27-37-85)120-104(129)94(71-138-69-84-34-24-16-25-35-84)118-100(125)90(65-82-48-44-79(45-49-82)42-40-77-28-18-13-19-29-77)114-95(123)72-137-62-61-136-60-59-110-99(124)75(5)12-2/h13-39,44-57,74-76,88,90-94,96-97H,11-12,40-43,58-72H2,1-10H3,(H,110,124)(H,113,133)(H,114,123)(H,115,126)(H,116,128)(H,117,130)(H,118,125)(H,119,127)(H,120,129)(H2,111,112,132)/b121-98-/t74?,75-,76?,88-,90-,91-,92-,93-,94-,96-,97-/m0/s1. The second kappa shape index (κ2) is 59.6. The predicted octanol–water partition coefficient (Wildman–Crippen LogP) is 11.9. The first-order valence-electron chi connectivity index (χ1n) is 48.1. The molecule has 2 unspecified atom stereocenters. The number of aryl methyl sites for hydroxylation is 5. The summed E-state index contributed by atoms with van der Waals surface area (Å²) in [6.45, 7) is 14.1. The van der Waals surface area contributed by atoms with Gasteiger partial charge in [-0.15, -0.1) is 0 Å². The largest absolute Gasteiger partial charge is 0.444 e. The predicted molar refractivity (Wildman–Crippen MR) is 546 cm³/mol. The number of benzene rings is 9. The van der Waals surface area contributed by atoms with E-state index in [-0.39, 0.29) is 88.6 Å². The number of oxime groups is 1. The molecule has 0 heterocycles. The molecule has 142 heavy (non-hydrogen) atoms. The van der Waals surface area contributed by atoms with Crippen molar-refractivity contribution < 1.29 is 86.2 Å². The number of nitro benzene ring substituents is 1. The lowest BCUT2D eigenvalue weighted by Crippen LogP contribution is -2.64. The van der Waals surface area contributed by atoms with Crippen molar-refractivity contribution in [1.29, 1.82) is 0 Å². The van der Waals surface area contributed by atoms with E-state index in [1.807, 2.05) is 142 Å². The summed E-state index contributed by atoms with van der Waals surface area (Å²) in [6.07, 6.45) is 3.42. The minimum atomic E-state index is -1.89. The Kier molecular flexibility index (Phi) is 46.8. The minimum Gasteiger partial charge on any atom is -0.444 e. The number of amides is 11. The highest BCUT2D eigenvalue weighted by Gasteiger charge is 2.39. The number of nitrogens with zero attached hydrogens (tertiary/aromatic N) is 2. The maximum Gasteiger partial charge on any atom is 0.407 e. The highest BCUT2D eigenvalue weighted by atomic mass is 32.2. The molecule has 756 valence electrons. The molecule has 33 heteroatoms. The van der Waals surface area contributed by atoms with Gasteiger partial charge in [-0.1, -0.05) is 269 Å². The van der Waals surface area contributed by atoms with Crippen molar-refractivity contribution in [3.63, 3.8) is 0 Å². The van der Waals surface area contributed by atoms with E-state index in [4.69, 9.17) is 28.5 Å². The Morgan fingerprint density at radius 3 is 1.37 bits per heavy atom. The third-order valence-corrected chi connectivity index (χ3v) is 24.2. The van der Waals surface area contributed by atoms with Crippen molar-refractivity contribution in [3.05, 3.63) is 326 Å². The number of ether oxygens (including phenoxy) is 5. The zero-order valence-electron chi connectivity index (χ0n) is 82.4. The molecule has 0 saturated heterocycles. The number of thioether (sulfide) groups is 1. The maximum absolute atomic E-state index is 16.1. The van der Waals surface area contributed by atoms with Gasteiger partial charge in [-0.05, 0) is 153 Å². The summed E-state index contributed by atoms with van der Waals surface area (Å²) in [5, 5.41) is 47.0. The maximum atomic E-state index is 16.1. The second-order valence-electron chi connectivity index (χ2n) is 35.9. The van der Waals surface area contributed by atoms with Gasteiger partial charge < -0.3 is 87.0 Å². The van der Waals surface area contributed by atoms with Crippen molar-refractivity contribution in [2.45, 2.75) is 200 Å². The van der Waals surface area contributed by atoms with Crippen molar-refractivity contribution in [2.24, 2.45) is 17.0 Å². The number of hydrogen-bond donors (Lipinski definition) is 11. The Morgan fingerprint density at radius 2 is 0.859 bits per heavy atom. The number of non-ortho nitro benzene ring substituents is 1. The van der Waals surface area contributed by atoms with Crippen LogP contribution < -0.4 is 58.5 Å². The van der Waals surface area contributed by atoms with Crippen LogP contribution in [0.2, 0.25) is 0 Å². The van der Waals surface area contributed by atoms with E-state index in [2.05, 4.69) is 63.6 Å². The van der Waals surface area contributed by atoms with Crippen LogP contribution in [0.4, 0.5) is 15.3 Å². The van der Waals surface area contributed by atoms with Gasteiger partial charge in [-0.25, -0.2) is 14.4 Å². The summed E-state index contributed by atoms with van der Waals surface area (Å²) < 4.78 is 29.7. The number of nitrogens with one attached hydrogen (secondary N) is 11. The molecule has 0 aliphatic rings. The van der Waals surface area contributed by atoms with Crippen molar-refractivity contribution >= 4 is 88.5 Å². The van der Waals surface area contributed by atoms with Gasteiger partial charge in [0.25, 0.3) is 5.69 Å². The van der Waals surface area contributed by atoms with E-state index in [0.29, 0.717) is 83.2 Å². The smallest absolute Gasteiger partial charge is 0.407 e. The highest BCUT2D eigenvalue weighted by molar-refractivity contribution is 7.98. The first-order chi connectivity index (χ1) is 68.4. The average molecular weight is 1960 g/mol. The van der Waals surface area contributed by atoms with E-state index in [0.717, 1.165) is 34.2 Å². The monoisotopic (exact) mass is 1960 g/mol. The van der Waals surface area contributed by atoms with Crippen molar-refractivity contribution in [3.8, 4) is 0 Å². The first-order valence-corrected chi connectivity index (χ1v) is 49.5. The van der Waals surface area contributed by atoms with Crippen LogP contribution in [0.15, 0.2) is 254 Å². The number of carbonyl (C=O) groups excluding carboxylic acids is 11. The van der Waals surface area contributed by atoms with Crippen molar-refractivity contribution in [2.75, 3.05) is 64.7 Å². The van der Waals surface area contributed by atoms with Gasteiger partial charge in [0.2, 0.25) is 47.3 Å². The normalized spacial score (nSPS) is 13.7. The Labute approximate surface area is 835 Å². The lowest BCUT2D eigenvalue weighted by molar-refractivity contribution is -0.384. The van der Waals surface area contributed by atoms with Gasteiger partial charge >= 0.3 is 18.1 Å². The SMILES string of the molecule is CCC(C)[C@H](NC(=O)[C@H](Cc1ccccc1)NC(=O)[C@H](Cc1ccc(CCc2ccccc2)cc1)NC(=O)[C@H](CNC(=O)NC[C@H](CCSC)NC(=O)OC(C)(C)C)NC(=O)[C@@H](NC(=O)[C@H](COCc1ccccc1)NC(=O)[C@H](Cc1ccc(CCc2ccccc2)cc1)NC(=O)COCCOCCNC(=O)[C@@H](C)CC)C(C)OCc1ccccc1)C(=O)O/N=C(/c1ccc(C)cc1)c1ccc([N+](=O)[O-])cc1.